The lowest BCUT2D eigenvalue weighted by Crippen LogP contribution is -2.39. The van der Waals surface area contributed by atoms with Crippen molar-refractivity contribution in [1.29, 1.82) is 0 Å². The number of amides is 1. The second-order valence-electron chi connectivity index (χ2n) is 5.56. The Morgan fingerprint density at radius 1 is 1.21 bits per heavy atom. The van der Waals surface area contributed by atoms with Crippen LogP contribution in [0.25, 0.3) is 0 Å². The summed E-state index contributed by atoms with van der Waals surface area (Å²) in [6.07, 6.45) is 3.37. The van der Waals surface area contributed by atoms with Crippen molar-refractivity contribution in [2.45, 2.75) is 39.2 Å². The summed E-state index contributed by atoms with van der Waals surface area (Å²) >= 11 is 6.84. The molecule has 104 valence electrons. The highest BCUT2D eigenvalue weighted by Gasteiger charge is 2.26. The molecule has 19 heavy (non-hydrogen) atoms. The highest BCUT2D eigenvalue weighted by atomic mass is 79.9. The molecule has 0 radical (unpaired) electrons. The van der Waals surface area contributed by atoms with E-state index in [0.717, 1.165) is 27.7 Å². The molecule has 3 atom stereocenters. The third-order valence-electron chi connectivity index (χ3n) is 4.11. The van der Waals surface area contributed by atoms with Crippen LogP contribution in [0.4, 0.5) is 0 Å². The second-order valence-corrected chi connectivity index (χ2v) is 7.33. The van der Waals surface area contributed by atoms with Crippen LogP contribution in [0.5, 0.6) is 0 Å². The number of nitrogens with one attached hydrogen (secondary N) is 1. The molecular weight excluding hydrogens is 370 g/mol. The van der Waals surface area contributed by atoms with E-state index in [0.29, 0.717) is 17.5 Å². The smallest absolute Gasteiger partial charge is 0.252 e. The monoisotopic (exact) mass is 387 g/mol. The molecule has 0 aromatic heterocycles. The van der Waals surface area contributed by atoms with Crippen LogP contribution in [0.1, 0.15) is 43.5 Å². The SMILES string of the molecule is CC1CCC(NC(=O)c2cc(Br)ccc2Br)CC1C. The molecule has 1 aliphatic carbocycles. The average molecular weight is 389 g/mol. The van der Waals surface area contributed by atoms with Crippen LogP contribution >= 0.6 is 31.9 Å². The number of hydrogen-bond donors (Lipinski definition) is 1. The van der Waals surface area contributed by atoms with E-state index < -0.39 is 0 Å². The predicted octanol–water partition coefficient (Wildman–Crippen LogP) is 4.77. The summed E-state index contributed by atoms with van der Waals surface area (Å²) in [7, 11) is 0. The van der Waals surface area contributed by atoms with E-state index >= 15 is 0 Å². The van der Waals surface area contributed by atoms with Gasteiger partial charge in [-0.25, -0.2) is 0 Å². The van der Waals surface area contributed by atoms with Gasteiger partial charge in [-0.05, 0) is 65.2 Å². The number of benzene rings is 1. The van der Waals surface area contributed by atoms with E-state index in [1.807, 2.05) is 18.2 Å². The Morgan fingerprint density at radius 2 is 1.95 bits per heavy atom. The Bertz CT molecular complexity index is 475. The van der Waals surface area contributed by atoms with Crippen LogP contribution in [-0.2, 0) is 0 Å². The van der Waals surface area contributed by atoms with E-state index in [9.17, 15) is 4.79 Å². The first kappa shape index (κ1) is 15.0. The first-order valence-electron chi connectivity index (χ1n) is 6.73. The number of carbonyl (C=O) groups is 1. The maximum absolute atomic E-state index is 12.3. The Hall–Kier alpha value is -0.350. The van der Waals surface area contributed by atoms with Gasteiger partial charge in [0.05, 0.1) is 5.56 Å². The van der Waals surface area contributed by atoms with E-state index in [2.05, 4.69) is 51.0 Å². The van der Waals surface area contributed by atoms with Crippen molar-refractivity contribution in [1.82, 2.24) is 5.32 Å². The standard InChI is InChI=1S/C15H19Br2NO/c1-9-3-5-12(7-10(9)2)18-15(19)13-8-11(16)4-6-14(13)17/h4,6,8-10,12H,3,5,7H2,1-2H3,(H,18,19). The molecule has 3 unspecified atom stereocenters. The van der Waals surface area contributed by atoms with Gasteiger partial charge in [0.2, 0.25) is 0 Å². The van der Waals surface area contributed by atoms with Crippen molar-refractivity contribution in [3.63, 3.8) is 0 Å². The maximum Gasteiger partial charge on any atom is 0.252 e. The molecule has 2 rings (SSSR count). The molecule has 1 N–H and O–H groups in total. The minimum Gasteiger partial charge on any atom is -0.349 e. The molecule has 4 heteroatoms. The van der Waals surface area contributed by atoms with Gasteiger partial charge in [-0.2, -0.15) is 0 Å². The van der Waals surface area contributed by atoms with Crippen molar-refractivity contribution in [3.05, 3.63) is 32.7 Å². The lowest BCUT2D eigenvalue weighted by Gasteiger charge is -2.32. The lowest BCUT2D eigenvalue weighted by molar-refractivity contribution is 0.0910. The van der Waals surface area contributed by atoms with Gasteiger partial charge < -0.3 is 5.32 Å². The minimum absolute atomic E-state index is 0.0138. The van der Waals surface area contributed by atoms with Crippen LogP contribution in [0.15, 0.2) is 27.1 Å². The summed E-state index contributed by atoms with van der Waals surface area (Å²) in [4.78, 5) is 12.3. The van der Waals surface area contributed by atoms with Crippen LogP contribution in [0, 0.1) is 11.8 Å². The van der Waals surface area contributed by atoms with Crippen LogP contribution < -0.4 is 5.32 Å². The van der Waals surface area contributed by atoms with Crippen LogP contribution in [-0.4, -0.2) is 11.9 Å². The van der Waals surface area contributed by atoms with Gasteiger partial charge >= 0.3 is 0 Å². The van der Waals surface area contributed by atoms with Gasteiger partial charge in [0.1, 0.15) is 0 Å². The molecule has 2 nitrogen and oxygen atoms in total. The van der Waals surface area contributed by atoms with E-state index in [1.54, 1.807) is 0 Å². The van der Waals surface area contributed by atoms with Gasteiger partial charge in [-0.1, -0.05) is 29.8 Å². The second kappa shape index (κ2) is 6.40. The third-order valence-corrected chi connectivity index (χ3v) is 5.29. The highest BCUT2D eigenvalue weighted by Crippen LogP contribution is 2.30. The number of rotatable bonds is 2. The first-order chi connectivity index (χ1) is 8.97. The molecule has 1 amide bonds. The molecule has 0 saturated heterocycles. The Kier molecular flexibility index (Phi) is 5.07. The molecule has 1 aromatic carbocycles. The normalized spacial score (nSPS) is 27.1. The van der Waals surface area contributed by atoms with Gasteiger partial charge in [0.25, 0.3) is 5.91 Å². The summed E-state index contributed by atoms with van der Waals surface area (Å²) < 4.78 is 1.76. The first-order valence-corrected chi connectivity index (χ1v) is 8.32. The molecule has 0 heterocycles. The Labute approximate surface area is 131 Å². The van der Waals surface area contributed by atoms with E-state index in [4.69, 9.17) is 0 Å². The van der Waals surface area contributed by atoms with Gasteiger partial charge in [-0.3, -0.25) is 4.79 Å². The highest BCUT2D eigenvalue weighted by molar-refractivity contribution is 9.11. The maximum atomic E-state index is 12.3. The van der Waals surface area contributed by atoms with Gasteiger partial charge in [-0.15, -0.1) is 0 Å². The molecule has 0 bridgehead atoms. The molecule has 1 fully saturated rings. The molecule has 0 spiro atoms. The number of hydrogen-bond acceptors (Lipinski definition) is 1. The summed E-state index contributed by atoms with van der Waals surface area (Å²) in [5.41, 5.74) is 0.695. The van der Waals surface area contributed by atoms with Crippen molar-refractivity contribution in [3.8, 4) is 0 Å². The number of halogens is 2. The Balaban J connectivity index is 2.03. The third kappa shape index (κ3) is 3.82. The Morgan fingerprint density at radius 3 is 2.63 bits per heavy atom. The quantitative estimate of drug-likeness (QED) is 0.776. The zero-order chi connectivity index (χ0) is 14.0. The van der Waals surface area contributed by atoms with Crippen molar-refractivity contribution in [2.75, 3.05) is 0 Å². The van der Waals surface area contributed by atoms with Crippen molar-refractivity contribution in [2.24, 2.45) is 11.8 Å². The summed E-state index contributed by atoms with van der Waals surface area (Å²) in [6, 6.07) is 5.98. The summed E-state index contributed by atoms with van der Waals surface area (Å²) in [5, 5.41) is 3.16. The number of carbonyl (C=O) groups excluding carboxylic acids is 1. The van der Waals surface area contributed by atoms with Crippen LogP contribution in [0.3, 0.4) is 0 Å². The minimum atomic E-state index is 0.0138. The summed E-state index contributed by atoms with van der Waals surface area (Å²) in [5.74, 6) is 1.47. The van der Waals surface area contributed by atoms with Crippen molar-refractivity contribution < 1.29 is 4.79 Å². The fraction of sp³-hybridized carbons (Fsp3) is 0.533. The van der Waals surface area contributed by atoms with Gasteiger partial charge in [0, 0.05) is 15.0 Å². The van der Waals surface area contributed by atoms with Crippen LogP contribution in [0.2, 0.25) is 0 Å². The summed E-state index contributed by atoms with van der Waals surface area (Å²) in [6.45, 7) is 4.58. The predicted molar refractivity (Wildman–Crippen MR) is 85.3 cm³/mol. The van der Waals surface area contributed by atoms with Crippen molar-refractivity contribution >= 4 is 37.8 Å². The zero-order valence-electron chi connectivity index (χ0n) is 11.2. The fourth-order valence-electron chi connectivity index (χ4n) is 2.61. The van der Waals surface area contributed by atoms with E-state index in [-0.39, 0.29) is 5.91 Å². The zero-order valence-corrected chi connectivity index (χ0v) is 14.4. The molecule has 1 saturated carbocycles. The topological polar surface area (TPSA) is 29.1 Å². The fourth-order valence-corrected chi connectivity index (χ4v) is 3.40. The lowest BCUT2D eigenvalue weighted by atomic mass is 9.79. The molecule has 0 aliphatic heterocycles. The average Bonchev–Trinajstić information content (AvgIpc) is 2.36. The van der Waals surface area contributed by atoms with E-state index in [1.165, 1.54) is 6.42 Å². The largest absolute Gasteiger partial charge is 0.349 e. The molecule has 1 aromatic rings. The molecule has 1 aliphatic rings. The molecular formula is C15H19Br2NO. The van der Waals surface area contributed by atoms with Gasteiger partial charge in [0.15, 0.2) is 0 Å².